The van der Waals surface area contributed by atoms with Crippen molar-refractivity contribution >= 4 is 23.9 Å². The highest BCUT2D eigenvalue weighted by Crippen LogP contribution is 2.26. The molecule has 4 heteroatoms. The summed E-state index contributed by atoms with van der Waals surface area (Å²) in [6.45, 7) is 3.22. The minimum absolute atomic E-state index is 0. The van der Waals surface area contributed by atoms with Gasteiger partial charge in [-0.15, -0.1) is 12.4 Å². The standard InChI is InChI=1S/C8H12N2S.ClH/c1-6-5-8(11-10-6)7-3-2-4-9-7;/h5,7,9H,2-4H2,1H3;1H/t7-;/m1./s1. The second-order valence-electron chi connectivity index (χ2n) is 3.02. The molecule has 0 radical (unpaired) electrons. The first kappa shape index (κ1) is 9.96. The molecule has 0 unspecified atom stereocenters. The summed E-state index contributed by atoms with van der Waals surface area (Å²) in [7, 11) is 0. The first-order valence-electron chi connectivity index (χ1n) is 4.03. The van der Waals surface area contributed by atoms with Crippen LogP contribution in [-0.2, 0) is 0 Å². The van der Waals surface area contributed by atoms with Crippen molar-refractivity contribution in [2.75, 3.05) is 6.54 Å². The van der Waals surface area contributed by atoms with E-state index in [1.54, 1.807) is 11.5 Å². The van der Waals surface area contributed by atoms with E-state index in [0.29, 0.717) is 6.04 Å². The predicted octanol–water partition coefficient (Wildman–Crippen LogP) is 2.30. The summed E-state index contributed by atoms with van der Waals surface area (Å²) in [5.74, 6) is 0. The molecule has 1 aromatic rings. The number of hydrogen-bond acceptors (Lipinski definition) is 3. The van der Waals surface area contributed by atoms with Crippen LogP contribution in [0.4, 0.5) is 0 Å². The first-order chi connectivity index (χ1) is 5.36. The number of halogens is 1. The fourth-order valence-corrected chi connectivity index (χ4v) is 2.33. The van der Waals surface area contributed by atoms with Crippen molar-refractivity contribution in [3.05, 3.63) is 16.6 Å². The van der Waals surface area contributed by atoms with Crippen LogP contribution in [0.2, 0.25) is 0 Å². The summed E-state index contributed by atoms with van der Waals surface area (Å²) in [4.78, 5) is 1.40. The van der Waals surface area contributed by atoms with Gasteiger partial charge in [-0.05, 0) is 43.9 Å². The van der Waals surface area contributed by atoms with E-state index in [4.69, 9.17) is 0 Å². The van der Waals surface area contributed by atoms with Crippen molar-refractivity contribution < 1.29 is 0 Å². The Balaban J connectivity index is 0.000000720. The van der Waals surface area contributed by atoms with Gasteiger partial charge in [0.15, 0.2) is 0 Å². The molecule has 1 saturated heterocycles. The van der Waals surface area contributed by atoms with Crippen LogP contribution < -0.4 is 5.32 Å². The van der Waals surface area contributed by atoms with Crippen molar-refractivity contribution in [2.45, 2.75) is 25.8 Å². The maximum absolute atomic E-state index is 4.26. The number of nitrogens with zero attached hydrogens (tertiary/aromatic N) is 1. The van der Waals surface area contributed by atoms with E-state index in [9.17, 15) is 0 Å². The minimum atomic E-state index is 0. The van der Waals surface area contributed by atoms with Gasteiger partial charge in [0.1, 0.15) is 0 Å². The largest absolute Gasteiger partial charge is 0.309 e. The molecule has 1 aliphatic heterocycles. The van der Waals surface area contributed by atoms with Crippen LogP contribution in [0.3, 0.4) is 0 Å². The smallest absolute Gasteiger partial charge is 0.0514 e. The van der Waals surface area contributed by atoms with E-state index in [0.717, 1.165) is 5.69 Å². The van der Waals surface area contributed by atoms with Gasteiger partial charge >= 0.3 is 0 Å². The molecule has 1 fully saturated rings. The summed E-state index contributed by atoms with van der Waals surface area (Å²) in [6.07, 6.45) is 2.59. The quantitative estimate of drug-likeness (QED) is 0.760. The van der Waals surface area contributed by atoms with Crippen molar-refractivity contribution in [3.63, 3.8) is 0 Å². The third-order valence-electron chi connectivity index (χ3n) is 2.05. The Morgan fingerprint density at radius 3 is 3.00 bits per heavy atom. The van der Waals surface area contributed by atoms with E-state index in [2.05, 4.69) is 22.7 Å². The van der Waals surface area contributed by atoms with Gasteiger partial charge in [0, 0.05) is 10.9 Å². The normalized spacial score (nSPS) is 22.2. The maximum Gasteiger partial charge on any atom is 0.0514 e. The van der Waals surface area contributed by atoms with Crippen molar-refractivity contribution in [1.82, 2.24) is 9.69 Å². The maximum atomic E-state index is 4.26. The molecule has 12 heavy (non-hydrogen) atoms. The highest BCUT2D eigenvalue weighted by Gasteiger charge is 2.17. The molecule has 0 saturated carbocycles. The predicted molar refractivity (Wildman–Crippen MR) is 54.1 cm³/mol. The molecule has 0 spiro atoms. The van der Waals surface area contributed by atoms with Crippen LogP contribution in [-0.4, -0.2) is 10.9 Å². The zero-order valence-corrected chi connectivity index (χ0v) is 8.67. The SMILES string of the molecule is Cc1cc([C@H]2CCCN2)sn1.Cl. The molecule has 0 aromatic carbocycles. The fraction of sp³-hybridized carbons (Fsp3) is 0.625. The molecule has 1 N–H and O–H groups in total. The van der Waals surface area contributed by atoms with Crippen LogP contribution >= 0.6 is 23.9 Å². The monoisotopic (exact) mass is 204 g/mol. The molecule has 0 aliphatic carbocycles. The fourth-order valence-electron chi connectivity index (χ4n) is 1.47. The Morgan fingerprint density at radius 1 is 1.67 bits per heavy atom. The lowest BCUT2D eigenvalue weighted by Gasteiger charge is -2.04. The molecule has 2 nitrogen and oxygen atoms in total. The molecule has 1 aromatic heterocycles. The number of aromatic nitrogens is 1. The first-order valence-corrected chi connectivity index (χ1v) is 4.80. The molecule has 68 valence electrons. The van der Waals surface area contributed by atoms with E-state index in [1.807, 2.05) is 0 Å². The van der Waals surface area contributed by atoms with Gasteiger partial charge in [0.05, 0.1) is 5.69 Å². The van der Waals surface area contributed by atoms with Crippen molar-refractivity contribution in [3.8, 4) is 0 Å². The molecular weight excluding hydrogens is 192 g/mol. The van der Waals surface area contributed by atoms with E-state index in [-0.39, 0.29) is 12.4 Å². The lowest BCUT2D eigenvalue weighted by atomic mass is 10.2. The zero-order valence-electron chi connectivity index (χ0n) is 7.04. The van der Waals surface area contributed by atoms with Gasteiger partial charge in [-0.25, -0.2) is 0 Å². The molecule has 2 heterocycles. The lowest BCUT2D eigenvalue weighted by molar-refractivity contribution is 0.659. The summed E-state index contributed by atoms with van der Waals surface area (Å²) in [6, 6.07) is 2.79. The molecular formula is C8H13ClN2S. The topological polar surface area (TPSA) is 24.9 Å². The zero-order chi connectivity index (χ0) is 7.68. The molecule has 1 aliphatic rings. The Labute approximate surface area is 83.0 Å². The van der Waals surface area contributed by atoms with E-state index < -0.39 is 0 Å². The minimum Gasteiger partial charge on any atom is -0.309 e. The Kier molecular flexibility index (Phi) is 3.50. The Bertz CT molecular complexity index is 243. The summed E-state index contributed by atoms with van der Waals surface area (Å²) in [5, 5.41) is 3.46. The van der Waals surface area contributed by atoms with E-state index >= 15 is 0 Å². The average Bonchev–Trinajstić information content (AvgIpc) is 2.55. The number of aryl methyl sites for hydroxylation is 1. The van der Waals surface area contributed by atoms with Crippen LogP contribution in [0.15, 0.2) is 6.07 Å². The highest BCUT2D eigenvalue weighted by molar-refractivity contribution is 7.05. The van der Waals surface area contributed by atoms with Gasteiger partial charge in [0.25, 0.3) is 0 Å². The number of nitrogens with one attached hydrogen (secondary N) is 1. The molecule has 2 rings (SSSR count). The number of rotatable bonds is 1. The Morgan fingerprint density at radius 2 is 2.50 bits per heavy atom. The number of hydrogen-bond donors (Lipinski definition) is 1. The lowest BCUT2D eigenvalue weighted by Crippen LogP contribution is -2.11. The molecule has 1 atom stereocenters. The van der Waals surface area contributed by atoms with E-state index in [1.165, 1.54) is 24.3 Å². The van der Waals surface area contributed by atoms with Crippen LogP contribution in [0.25, 0.3) is 0 Å². The van der Waals surface area contributed by atoms with Gasteiger partial charge in [-0.1, -0.05) is 0 Å². The second kappa shape index (κ2) is 4.21. The van der Waals surface area contributed by atoms with Crippen LogP contribution in [0.1, 0.15) is 29.5 Å². The third-order valence-corrected chi connectivity index (χ3v) is 3.04. The summed E-state index contributed by atoms with van der Waals surface area (Å²) >= 11 is 1.63. The van der Waals surface area contributed by atoms with Crippen LogP contribution in [0.5, 0.6) is 0 Å². The Hall–Kier alpha value is -0.120. The average molecular weight is 205 g/mol. The molecule has 0 bridgehead atoms. The van der Waals surface area contributed by atoms with Gasteiger partial charge in [-0.2, -0.15) is 4.37 Å². The van der Waals surface area contributed by atoms with Crippen molar-refractivity contribution in [2.24, 2.45) is 0 Å². The van der Waals surface area contributed by atoms with Gasteiger partial charge in [0.2, 0.25) is 0 Å². The van der Waals surface area contributed by atoms with Crippen LogP contribution in [0, 0.1) is 6.92 Å². The highest BCUT2D eigenvalue weighted by atomic mass is 35.5. The summed E-state index contributed by atoms with van der Waals surface area (Å²) < 4.78 is 4.26. The van der Waals surface area contributed by atoms with Gasteiger partial charge < -0.3 is 5.32 Å². The van der Waals surface area contributed by atoms with Gasteiger partial charge in [-0.3, -0.25) is 0 Å². The van der Waals surface area contributed by atoms with Crippen molar-refractivity contribution in [1.29, 1.82) is 0 Å². The second-order valence-corrected chi connectivity index (χ2v) is 3.86. The molecule has 0 amide bonds. The summed E-state index contributed by atoms with van der Waals surface area (Å²) in [5.41, 5.74) is 1.15. The third kappa shape index (κ3) is 1.97.